The lowest BCUT2D eigenvalue weighted by Gasteiger charge is -2.19. The second kappa shape index (κ2) is 6.59. The van der Waals surface area contributed by atoms with Crippen LogP contribution < -0.4 is 0 Å². The number of aliphatic hydroxyl groups is 4. The zero-order valence-corrected chi connectivity index (χ0v) is 10.7. The van der Waals surface area contributed by atoms with Gasteiger partial charge in [0.1, 0.15) is 11.5 Å². The van der Waals surface area contributed by atoms with Crippen molar-refractivity contribution in [3.63, 3.8) is 0 Å². The van der Waals surface area contributed by atoms with Crippen LogP contribution in [0.4, 0.5) is 0 Å². The third-order valence-electron chi connectivity index (χ3n) is 2.68. The van der Waals surface area contributed by atoms with E-state index < -0.39 is 11.2 Å². The third kappa shape index (κ3) is 6.84. The highest BCUT2D eigenvalue weighted by molar-refractivity contribution is 5.21. The SMILES string of the molecule is C.CC1(O)C=CC(O)=CC1.CC1(O)C=CC(O)=CC1. The van der Waals surface area contributed by atoms with E-state index in [-0.39, 0.29) is 18.9 Å². The van der Waals surface area contributed by atoms with Crippen LogP contribution in [0.3, 0.4) is 0 Å². The van der Waals surface area contributed by atoms with E-state index in [1.54, 1.807) is 38.2 Å². The maximum Gasteiger partial charge on any atom is 0.111 e. The molecule has 2 rings (SSSR count). The van der Waals surface area contributed by atoms with E-state index in [9.17, 15) is 10.2 Å². The summed E-state index contributed by atoms with van der Waals surface area (Å²) in [6.45, 7) is 3.40. The van der Waals surface area contributed by atoms with Gasteiger partial charge in [-0.2, -0.15) is 0 Å². The van der Waals surface area contributed by atoms with Crippen molar-refractivity contribution in [3.8, 4) is 0 Å². The third-order valence-corrected chi connectivity index (χ3v) is 2.68. The molecule has 2 unspecified atom stereocenters. The Kier molecular flexibility index (Phi) is 6.06. The minimum atomic E-state index is -0.758. The Hall–Kier alpha value is -1.52. The summed E-state index contributed by atoms with van der Waals surface area (Å²) in [7, 11) is 0. The number of hydrogen-bond donors (Lipinski definition) is 4. The highest BCUT2D eigenvalue weighted by atomic mass is 16.3. The van der Waals surface area contributed by atoms with Gasteiger partial charge < -0.3 is 20.4 Å². The molecule has 0 heterocycles. The lowest BCUT2D eigenvalue weighted by Crippen LogP contribution is -2.21. The first-order valence-electron chi connectivity index (χ1n) is 5.82. The van der Waals surface area contributed by atoms with Crippen molar-refractivity contribution >= 4 is 0 Å². The predicted octanol–water partition coefficient (Wildman–Crippen LogP) is 2.91. The molecule has 2 aliphatic carbocycles. The van der Waals surface area contributed by atoms with Gasteiger partial charge in [-0.1, -0.05) is 7.43 Å². The zero-order valence-electron chi connectivity index (χ0n) is 10.7. The summed E-state index contributed by atoms with van der Waals surface area (Å²) < 4.78 is 0. The number of aliphatic hydroxyl groups excluding tert-OH is 2. The molecule has 0 aliphatic heterocycles. The molecule has 0 bridgehead atoms. The quantitative estimate of drug-likeness (QED) is 0.544. The van der Waals surface area contributed by atoms with Crippen molar-refractivity contribution in [1.29, 1.82) is 0 Å². The average molecular weight is 268 g/mol. The second-order valence-corrected chi connectivity index (χ2v) is 5.05. The molecule has 0 saturated carbocycles. The first-order chi connectivity index (χ1) is 8.20. The molecule has 2 atom stereocenters. The molecule has 4 heteroatoms. The minimum absolute atomic E-state index is 0. The highest BCUT2D eigenvalue weighted by Gasteiger charge is 2.17. The van der Waals surface area contributed by atoms with Crippen LogP contribution in [-0.2, 0) is 0 Å². The van der Waals surface area contributed by atoms with Crippen LogP contribution in [0, 0.1) is 0 Å². The molecule has 0 aromatic heterocycles. The topological polar surface area (TPSA) is 80.9 Å². The van der Waals surface area contributed by atoms with Gasteiger partial charge in [0.05, 0.1) is 11.2 Å². The molecule has 0 amide bonds. The lowest BCUT2D eigenvalue weighted by molar-refractivity contribution is 0.111. The van der Waals surface area contributed by atoms with Crippen molar-refractivity contribution in [3.05, 3.63) is 48.0 Å². The summed E-state index contributed by atoms with van der Waals surface area (Å²) >= 11 is 0. The van der Waals surface area contributed by atoms with Gasteiger partial charge in [-0.15, -0.1) is 0 Å². The van der Waals surface area contributed by atoms with E-state index in [1.165, 1.54) is 12.2 Å². The van der Waals surface area contributed by atoms with Crippen LogP contribution in [0.1, 0.15) is 34.1 Å². The van der Waals surface area contributed by atoms with Crippen LogP contribution in [0.25, 0.3) is 0 Å². The normalized spacial score (nSPS) is 32.4. The second-order valence-electron chi connectivity index (χ2n) is 5.05. The average Bonchev–Trinajstić information content (AvgIpc) is 2.28. The van der Waals surface area contributed by atoms with Gasteiger partial charge in [0.2, 0.25) is 0 Å². The Labute approximate surface area is 114 Å². The van der Waals surface area contributed by atoms with E-state index in [0.29, 0.717) is 12.8 Å². The molecule has 0 aromatic carbocycles. The van der Waals surface area contributed by atoms with Gasteiger partial charge >= 0.3 is 0 Å². The lowest BCUT2D eigenvalue weighted by atomic mass is 9.97. The molecule has 0 radical (unpaired) electrons. The van der Waals surface area contributed by atoms with Crippen LogP contribution in [-0.4, -0.2) is 31.6 Å². The molecule has 108 valence electrons. The molecule has 0 fully saturated rings. The fourth-order valence-corrected chi connectivity index (χ4v) is 1.42. The molecule has 4 N–H and O–H groups in total. The molecular formula is C15H24O4. The summed E-state index contributed by atoms with van der Waals surface area (Å²) in [4.78, 5) is 0. The van der Waals surface area contributed by atoms with Crippen molar-refractivity contribution in [2.24, 2.45) is 0 Å². The van der Waals surface area contributed by atoms with Crippen LogP contribution in [0.15, 0.2) is 48.0 Å². The molecular weight excluding hydrogens is 244 g/mol. The molecule has 2 aliphatic rings. The van der Waals surface area contributed by atoms with E-state index in [0.717, 1.165) is 0 Å². The van der Waals surface area contributed by atoms with Crippen molar-refractivity contribution < 1.29 is 20.4 Å². The van der Waals surface area contributed by atoms with Gasteiger partial charge in [-0.3, -0.25) is 0 Å². The summed E-state index contributed by atoms with van der Waals surface area (Å²) in [6, 6.07) is 0. The minimum Gasteiger partial charge on any atom is -0.508 e. The first kappa shape index (κ1) is 17.5. The summed E-state index contributed by atoms with van der Waals surface area (Å²) in [5.41, 5.74) is -1.52. The Morgan fingerprint density at radius 2 is 1.16 bits per heavy atom. The van der Waals surface area contributed by atoms with Crippen LogP contribution >= 0.6 is 0 Å². The Balaban J connectivity index is 0.000000324. The maximum atomic E-state index is 9.25. The van der Waals surface area contributed by atoms with Gasteiger partial charge in [0.15, 0.2) is 0 Å². The smallest absolute Gasteiger partial charge is 0.111 e. The van der Waals surface area contributed by atoms with Gasteiger partial charge in [-0.05, 0) is 50.3 Å². The van der Waals surface area contributed by atoms with E-state index in [2.05, 4.69) is 0 Å². The molecule has 0 saturated heterocycles. The number of hydrogen-bond acceptors (Lipinski definition) is 4. The number of rotatable bonds is 0. The summed E-state index contributed by atoms with van der Waals surface area (Å²) in [6.07, 6.45) is 10.4. The predicted molar refractivity (Wildman–Crippen MR) is 76.9 cm³/mol. The summed E-state index contributed by atoms with van der Waals surface area (Å²) in [5, 5.41) is 36.1. The fourth-order valence-electron chi connectivity index (χ4n) is 1.42. The Morgan fingerprint density at radius 1 is 0.842 bits per heavy atom. The van der Waals surface area contributed by atoms with Gasteiger partial charge in [-0.25, -0.2) is 0 Å². The van der Waals surface area contributed by atoms with Crippen molar-refractivity contribution in [2.75, 3.05) is 0 Å². The number of allylic oxidation sites excluding steroid dienone is 2. The summed E-state index contributed by atoms with van der Waals surface area (Å²) in [5.74, 6) is 0.475. The molecule has 0 spiro atoms. The van der Waals surface area contributed by atoms with Gasteiger partial charge in [0.25, 0.3) is 0 Å². The first-order valence-corrected chi connectivity index (χ1v) is 5.82. The molecule has 0 aromatic rings. The van der Waals surface area contributed by atoms with Crippen molar-refractivity contribution in [2.45, 2.75) is 45.3 Å². The maximum absolute atomic E-state index is 9.25. The van der Waals surface area contributed by atoms with Crippen molar-refractivity contribution in [1.82, 2.24) is 0 Å². The fraction of sp³-hybridized carbons (Fsp3) is 0.467. The Morgan fingerprint density at radius 3 is 1.32 bits per heavy atom. The Bertz CT molecular complexity index is 372. The van der Waals surface area contributed by atoms with Crippen LogP contribution in [0.2, 0.25) is 0 Å². The highest BCUT2D eigenvalue weighted by Crippen LogP contribution is 2.18. The van der Waals surface area contributed by atoms with E-state index in [1.807, 2.05) is 0 Å². The largest absolute Gasteiger partial charge is 0.508 e. The van der Waals surface area contributed by atoms with Crippen LogP contribution in [0.5, 0.6) is 0 Å². The molecule has 4 nitrogen and oxygen atoms in total. The standard InChI is InChI=1S/2C7H10O2.CH4/c2*1-7(9)4-2-6(8)3-5-7;/h2*2-4,8-9H,5H2,1H3;1H4. The molecule has 19 heavy (non-hydrogen) atoms. The zero-order chi connectivity index (χ0) is 13.8. The van der Waals surface area contributed by atoms with E-state index in [4.69, 9.17) is 10.2 Å². The van der Waals surface area contributed by atoms with E-state index >= 15 is 0 Å². The monoisotopic (exact) mass is 268 g/mol. The van der Waals surface area contributed by atoms with Gasteiger partial charge in [0, 0.05) is 12.8 Å².